The van der Waals surface area contributed by atoms with Crippen molar-refractivity contribution in [3.63, 3.8) is 0 Å². The van der Waals surface area contributed by atoms with Crippen molar-refractivity contribution in [1.82, 2.24) is 4.98 Å². The van der Waals surface area contributed by atoms with Crippen molar-refractivity contribution in [2.75, 3.05) is 6.61 Å². The van der Waals surface area contributed by atoms with Gasteiger partial charge < -0.3 is 4.74 Å². The maximum absolute atomic E-state index is 11.1. The highest BCUT2D eigenvalue weighted by Gasteiger charge is 1.98. The van der Waals surface area contributed by atoms with E-state index in [1.807, 2.05) is 24.3 Å². The predicted molar refractivity (Wildman–Crippen MR) is 65.3 cm³/mol. The average Bonchev–Trinajstić information content (AvgIpc) is 2.36. The van der Waals surface area contributed by atoms with Crippen molar-refractivity contribution in [3.8, 4) is 11.8 Å². The van der Waals surface area contributed by atoms with E-state index in [-0.39, 0.29) is 0 Å². The number of hydrogen-bond acceptors (Lipinski definition) is 3. The van der Waals surface area contributed by atoms with Gasteiger partial charge in [-0.25, -0.2) is 4.79 Å². The van der Waals surface area contributed by atoms with Gasteiger partial charge in [0.05, 0.1) is 6.61 Å². The lowest BCUT2D eigenvalue weighted by Crippen LogP contribution is -1.99. The molecule has 1 aromatic heterocycles. The average molecular weight is 225 g/mol. The number of aromatic nitrogens is 1. The summed E-state index contributed by atoms with van der Waals surface area (Å²) in [6, 6.07) is 7.59. The molecular weight excluding hydrogens is 214 g/mol. The molecule has 17 heavy (non-hydrogen) atoms. The first-order valence-corrected chi connectivity index (χ1v) is 5.33. The molecule has 1 aromatic carbocycles. The number of carbonyl (C=O) groups is 1. The van der Waals surface area contributed by atoms with Gasteiger partial charge in [-0.15, -0.1) is 0 Å². The molecule has 0 atom stereocenters. The van der Waals surface area contributed by atoms with Crippen molar-refractivity contribution in [2.45, 2.75) is 6.92 Å². The summed E-state index contributed by atoms with van der Waals surface area (Å²) < 4.78 is 4.75. The van der Waals surface area contributed by atoms with Gasteiger partial charge in [-0.05, 0) is 19.1 Å². The van der Waals surface area contributed by atoms with Crippen molar-refractivity contribution < 1.29 is 9.53 Å². The summed E-state index contributed by atoms with van der Waals surface area (Å²) >= 11 is 0. The van der Waals surface area contributed by atoms with Gasteiger partial charge in [-0.1, -0.05) is 18.1 Å². The Morgan fingerprint density at radius 2 is 2.29 bits per heavy atom. The number of ether oxygens (including phenoxy) is 1. The summed E-state index contributed by atoms with van der Waals surface area (Å²) in [4.78, 5) is 15.2. The molecule has 3 nitrogen and oxygen atoms in total. The van der Waals surface area contributed by atoms with Gasteiger partial charge in [-0.2, -0.15) is 0 Å². The second kappa shape index (κ2) is 5.13. The molecule has 0 unspecified atom stereocenters. The summed E-state index contributed by atoms with van der Waals surface area (Å²) in [6.07, 6.45) is 3.47. The largest absolute Gasteiger partial charge is 0.456 e. The zero-order valence-electron chi connectivity index (χ0n) is 9.43. The second-order valence-corrected chi connectivity index (χ2v) is 3.37. The fourth-order valence-corrected chi connectivity index (χ4v) is 1.52. The van der Waals surface area contributed by atoms with Gasteiger partial charge in [0.1, 0.15) is 0 Å². The molecule has 2 rings (SSSR count). The summed E-state index contributed by atoms with van der Waals surface area (Å²) in [5.74, 6) is 4.78. The van der Waals surface area contributed by atoms with Crippen LogP contribution in [0.5, 0.6) is 0 Å². The van der Waals surface area contributed by atoms with Crippen molar-refractivity contribution in [2.24, 2.45) is 0 Å². The van der Waals surface area contributed by atoms with Crippen molar-refractivity contribution in [3.05, 3.63) is 42.2 Å². The molecule has 0 saturated heterocycles. The zero-order valence-corrected chi connectivity index (χ0v) is 9.43. The maximum Gasteiger partial charge on any atom is 0.384 e. The summed E-state index contributed by atoms with van der Waals surface area (Å²) in [6.45, 7) is 2.09. The van der Waals surface area contributed by atoms with Crippen LogP contribution in [0, 0.1) is 11.8 Å². The molecule has 2 aromatic rings. The van der Waals surface area contributed by atoms with Crippen LogP contribution in [0.4, 0.5) is 0 Å². The van der Waals surface area contributed by atoms with Gasteiger partial charge in [0.15, 0.2) is 0 Å². The van der Waals surface area contributed by atoms with Gasteiger partial charge in [0, 0.05) is 34.7 Å². The third-order valence-electron chi connectivity index (χ3n) is 2.26. The topological polar surface area (TPSA) is 39.2 Å². The van der Waals surface area contributed by atoms with E-state index in [0.717, 1.165) is 16.3 Å². The minimum atomic E-state index is -0.501. The molecule has 0 amide bonds. The molecular formula is C14H11NO2. The predicted octanol–water partition coefficient (Wildman–Crippen LogP) is 2.15. The molecule has 0 radical (unpaired) electrons. The molecule has 0 saturated carbocycles. The summed E-state index contributed by atoms with van der Waals surface area (Å²) in [5, 5.41) is 1.99. The molecule has 84 valence electrons. The Kier molecular flexibility index (Phi) is 3.37. The Hall–Kier alpha value is -2.34. The molecule has 1 heterocycles. The Labute approximate surface area is 99.4 Å². The van der Waals surface area contributed by atoms with Crippen LogP contribution in [0.25, 0.3) is 10.8 Å². The molecule has 0 aliphatic heterocycles. The molecule has 3 heteroatoms. The SMILES string of the molecule is CCOC(=O)C#Cc1cccc2cnccc12. The standard InChI is InChI=1S/C14H11NO2/c1-2-17-14(16)7-6-11-4-3-5-12-10-15-9-8-13(11)12/h3-5,8-10H,2H2,1H3. The van der Waals surface area contributed by atoms with Gasteiger partial charge in [0.2, 0.25) is 0 Å². The number of carbonyl (C=O) groups excluding carboxylic acids is 1. The minimum absolute atomic E-state index is 0.340. The number of benzene rings is 1. The Morgan fingerprint density at radius 1 is 1.41 bits per heavy atom. The van der Waals surface area contributed by atoms with Crippen LogP contribution in [0.15, 0.2) is 36.7 Å². The highest BCUT2D eigenvalue weighted by atomic mass is 16.5. The summed E-state index contributed by atoms with van der Waals surface area (Å²) in [5.41, 5.74) is 0.804. The zero-order chi connectivity index (χ0) is 12.1. The molecule has 0 aliphatic rings. The fourth-order valence-electron chi connectivity index (χ4n) is 1.52. The quantitative estimate of drug-likeness (QED) is 0.551. The Bertz CT molecular complexity index is 603. The van der Waals surface area contributed by atoms with Crippen LogP contribution < -0.4 is 0 Å². The normalized spacial score (nSPS) is 9.47. The van der Waals surface area contributed by atoms with E-state index in [9.17, 15) is 4.79 Å². The first kappa shape index (κ1) is 11.2. The third-order valence-corrected chi connectivity index (χ3v) is 2.26. The van der Waals surface area contributed by atoms with Crippen LogP contribution in [-0.4, -0.2) is 17.6 Å². The van der Waals surface area contributed by atoms with Gasteiger partial charge >= 0.3 is 5.97 Å². The van der Waals surface area contributed by atoms with E-state index < -0.39 is 5.97 Å². The number of pyridine rings is 1. The van der Waals surface area contributed by atoms with Crippen LogP contribution in [0.3, 0.4) is 0 Å². The number of esters is 1. The van der Waals surface area contributed by atoms with Crippen LogP contribution >= 0.6 is 0 Å². The molecule has 0 bridgehead atoms. The number of fused-ring (bicyclic) bond motifs is 1. The summed E-state index contributed by atoms with van der Waals surface area (Å²) in [7, 11) is 0. The lowest BCUT2D eigenvalue weighted by molar-refractivity contribution is -0.136. The molecule has 0 aliphatic carbocycles. The first-order valence-electron chi connectivity index (χ1n) is 5.33. The van der Waals surface area contributed by atoms with Crippen LogP contribution in [0.1, 0.15) is 12.5 Å². The highest BCUT2D eigenvalue weighted by Crippen LogP contribution is 2.16. The third kappa shape index (κ3) is 2.61. The monoisotopic (exact) mass is 225 g/mol. The van der Waals surface area contributed by atoms with Gasteiger partial charge in [-0.3, -0.25) is 4.98 Å². The second-order valence-electron chi connectivity index (χ2n) is 3.37. The minimum Gasteiger partial charge on any atom is -0.456 e. The van der Waals surface area contributed by atoms with E-state index in [0.29, 0.717) is 6.61 Å². The molecule has 0 spiro atoms. The van der Waals surface area contributed by atoms with Crippen LogP contribution in [-0.2, 0) is 9.53 Å². The van der Waals surface area contributed by atoms with E-state index in [4.69, 9.17) is 4.74 Å². The Balaban J connectivity index is 2.39. The van der Waals surface area contributed by atoms with Crippen molar-refractivity contribution >= 4 is 16.7 Å². The molecule has 0 fully saturated rings. The van der Waals surface area contributed by atoms with E-state index in [1.165, 1.54) is 0 Å². The lowest BCUT2D eigenvalue weighted by atomic mass is 10.1. The van der Waals surface area contributed by atoms with Gasteiger partial charge in [0.25, 0.3) is 0 Å². The molecule has 0 N–H and O–H groups in total. The van der Waals surface area contributed by atoms with E-state index >= 15 is 0 Å². The van der Waals surface area contributed by atoms with Crippen LogP contribution in [0.2, 0.25) is 0 Å². The number of hydrogen-bond donors (Lipinski definition) is 0. The lowest BCUT2D eigenvalue weighted by Gasteiger charge is -1.98. The van der Waals surface area contributed by atoms with E-state index in [2.05, 4.69) is 16.8 Å². The van der Waals surface area contributed by atoms with E-state index in [1.54, 1.807) is 19.3 Å². The van der Waals surface area contributed by atoms with Crippen molar-refractivity contribution in [1.29, 1.82) is 0 Å². The smallest absolute Gasteiger partial charge is 0.384 e. The fraction of sp³-hybridized carbons (Fsp3) is 0.143. The highest BCUT2D eigenvalue weighted by molar-refractivity contribution is 5.92. The Morgan fingerprint density at radius 3 is 3.12 bits per heavy atom. The maximum atomic E-state index is 11.1. The first-order chi connectivity index (χ1) is 8.31. The number of nitrogens with zero attached hydrogens (tertiary/aromatic N) is 1. The number of rotatable bonds is 1.